The van der Waals surface area contributed by atoms with E-state index in [0.717, 1.165) is 0 Å². The van der Waals surface area contributed by atoms with Crippen molar-refractivity contribution in [2.75, 3.05) is 13.2 Å². The lowest BCUT2D eigenvalue weighted by Crippen LogP contribution is -2.60. The summed E-state index contributed by atoms with van der Waals surface area (Å²) < 4.78 is 14.8. The third-order valence-corrected chi connectivity index (χ3v) is 3.19. The molecule has 9 nitrogen and oxygen atoms in total. The van der Waals surface area contributed by atoms with Gasteiger partial charge in [0.2, 0.25) is 0 Å². The maximum atomic E-state index is 9.66. The van der Waals surface area contributed by atoms with Gasteiger partial charge in [-0.25, -0.2) is 0 Å². The maximum Gasteiger partial charge on any atom is 0.186 e. The van der Waals surface area contributed by atoms with Crippen LogP contribution in [0.4, 0.5) is 0 Å². The van der Waals surface area contributed by atoms with Crippen LogP contribution in [-0.4, -0.2) is 93.1 Å². The van der Waals surface area contributed by atoms with Crippen LogP contribution in [0.2, 0.25) is 0 Å². The Morgan fingerprint density at radius 2 is 1.37 bits per heavy atom. The van der Waals surface area contributed by atoms with E-state index in [-0.39, 0.29) is 13.2 Å². The van der Waals surface area contributed by atoms with E-state index in [1.165, 1.54) is 0 Å². The lowest BCUT2D eigenvalue weighted by Gasteiger charge is -2.41. The number of aliphatic hydroxyl groups is 6. The summed E-state index contributed by atoms with van der Waals surface area (Å²) in [6, 6.07) is 0. The van der Waals surface area contributed by atoms with E-state index in [1.54, 1.807) is 0 Å². The van der Waals surface area contributed by atoms with Gasteiger partial charge in [-0.1, -0.05) is 0 Å². The molecular weight excluding hydrogens is 264 g/mol. The first kappa shape index (κ1) is 15.0. The first-order valence-electron chi connectivity index (χ1n) is 5.89. The summed E-state index contributed by atoms with van der Waals surface area (Å²) in [7, 11) is 0. The molecule has 2 aliphatic rings. The van der Waals surface area contributed by atoms with Crippen molar-refractivity contribution in [1.82, 2.24) is 0 Å². The fraction of sp³-hybridized carbons (Fsp3) is 1.00. The lowest BCUT2D eigenvalue weighted by molar-refractivity contribution is -0.329. The molecule has 2 fully saturated rings. The second-order valence-corrected chi connectivity index (χ2v) is 4.63. The van der Waals surface area contributed by atoms with E-state index >= 15 is 0 Å². The molecule has 0 radical (unpaired) electrons. The van der Waals surface area contributed by atoms with Crippen LogP contribution in [-0.2, 0) is 14.2 Å². The normalized spacial score (nSPS) is 52.1. The molecule has 0 unspecified atom stereocenters. The van der Waals surface area contributed by atoms with Gasteiger partial charge < -0.3 is 44.8 Å². The van der Waals surface area contributed by atoms with Crippen LogP contribution in [0.1, 0.15) is 0 Å². The molecule has 0 bridgehead atoms. The van der Waals surface area contributed by atoms with Crippen molar-refractivity contribution in [2.24, 2.45) is 0 Å². The smallest absolute Gasteiger partial charge is 0.186 e. The van der Waals surface area contributed by atoms with Gasteiger partial charge in [0.1, 0.15) is 36.6 Å². The summed E-state index contributed by atoms with van der Waals surface area (Å²) in [6.45, 7) is -0.516. The van der Waals surface area contributed by atoms with Crippen molar-refractivity contribution >= 4 is 0 Å². The zero-order valence-corrected chi connectivity index (χ0v) is 9.94. The highest BCUT2D eigenvalue weighted by Gasteiger charge is 2.45. The highest BCUT2D eigenvalue weighted by atomic mass is 16.7. The fourth-order valence-corrected chi connectivity index (χ4v) is 2.01. The molecule has 0 spiro atoms. The first-order chi connectivity index (χ1) is 8.91. The van der Waals surface area contributed by atoms with E-state index in [4.69, 9.17) is 9.47 Å². The topological polar surface area (TPSA) is 149 Å². The molecule has 0 aliphatic carbocycles. The molecular formula is C10H18O9. The second kappa shape index (κ2) is 5.95. The van der Waals surface area contributed by atoms with Crippen molar-refractivity contribution in [1.29, 1.82) is 0 Å². The summed E-state index contributed by atoms with van der Waals surface area (Å²) in [5, 5.41) is 57.0. The van der Waals surface area contributed by atoms with Gasteiger partial charge in [0, 0.05) is 0 Å². The van der Waals surface area contributed by atoms with Crippen LogP contribution < -0.4 is 0 Å². The molecule has 0 aromatic rings. The Morgan fingerprint density at radius 3 is 2.05 bits per heavy atom. The summed E-state index contributed by atoms with van der Waals surface area (Å²) in [6.07, 6.45) is -11.1. The average Bonchev–Trinajstić information content (AvgIpc) is 2.39. The van der Waals surface area contributed by atoms with Gasteiger partial charge in [-0.2, -0.15) is 0 Å². The van der Waals surface area contributed by atoms with E-state index in [2.05, 4.69) is 4.74 Å². The Kier molecular flexibility index (Phi) is 4.71. The van der Waals surface area contributed by atoms with Gasteiger partial charge >= 0.3 is 0 Å². The van der Waals surface area contributed by atoms with Gasteiger partial charge in [-0.05, 0) is 0 Å². The summed E-state index contributed by atoms with van der Waals surface area (Å²) >= 11 is 0. The average molecular weight is 282 g/mol. The van der Waals surface area contributed by atoms with Crippen LogP contribution in [0.25, 0.3) is 0 Å². The first-order valence-corrected chi connectivity index (χ1v) is 5.89. The van der Waals surface area contributed by atoms with Gasteiger partial charge in [0.25, 0.3) is 0 Å². The minimum atomic E-state index is -1.54. The predicted octanol–water partition coefficient (Wildman–Crippen LogP) is -4.12. The third-order valence-electron chi connectivity index (χ3n) is 3.19. The van der Waals surface area contributed by atoms with Crippen molar-refractivity contribution < 1.29 is 44.8 Å². The van der Waals surface area contributed by atoms with Gasteiger partial charge in [0.05, 0.1) is 13.2 Å². The number of hydrogen-bond donors (Lipinski definition) is 6. The molecule has 2 saturated heterocycles. The number of rotatable bonds is 2. The molecule has 0 aromatic carbocycles. The van der Waals surface area contributed by atoms with Crippen molar-refractivity contribution in [3.63, 3.8) is 0 Å². The summed E-state index contributed by atoms with van der Waals surface area (Å²) in [4.78, 5) is 0. The predicted molar refractivity (Wildman–Crippen MR) is 56.6 cm³/mol. The van der Waals surface area contributed by atoms with Gasteiger partial charge in [-0.3, -0.25) is 0 Å². The minimum absolute atomic E-state index is 0.253. The van der Waals surface area contributed by atoms with Gasteiger partial charge in [-0.15, -0.1) is 0 Å². The molecule has 8 atom stereocenters. The maximum absolute atomic E-state index is 9.66. The molecule has 0 aromatic heterocycles. The molecule has 0 saturated carbocycles. The van der Waals surface area contributed by atoms with Crippen molar-refractivity contribution in [3.05, 3.63) is 0 Å². The third kappa shape index (κ3) is 3.05. The van der Waals surface area contributed by atoms with E-state index < -0.39 is 49.2 Å². The van der Waals surface area contributed by atoms with E-state index in [0.29, 0.717) is 0 Å². The molecule has 112 valence electrons. The van der Waals surface area contributed by atoms with Crippen LogP contribution >= 0.6 is 0 Å². The number of aliphatic hydroxyl groups excluding tert-OH is 6. The van der Waals surface area contributed by atoms with Crippen molar-refractivity contribution in [2.45, 2.75) is 49.2 Å². The standard InChI is InChI=1S/C10H18O9/c11-3-1-18-10(6(14)5(3)13)19-8-4(12)2-17-9(16)7(8)15/h3-16H,1-2H2/t3-,4-,5+,6-,7-,8+,9+,10+/m1/s1. The van der Waals surface area contributed by atoms with Crippen LogP contribution in [0, 0.1) is 0 Å². The number of hydrogen-bond acceptors (Lipinski definition) is 9. The monoisotopic (exact) mass is 282 g/mol. The van der Waals surface area contributed by atoms with E-state index in [1.807, 2.05) is 0 Å². The molecule has 6 N–H and O–H groups in total. The Hall–Kier alpha value is -0.360. The fourth-order valence-electron chi connectivity index (χ4n) is 2.01. The van der Waals surface area contributed by atoms with Crippen LogP contribution in [0.5, 0.6) is 0 Å². The number of ether oxygens (including phenoxy) is 3. The van der Waals surface area contributed by atoms with Crippen LogP contribution in [0.15, 0.2) is 0 Å². The minimum Gasteiger partial charge on any atom is -0.388 e. The molecule has 2 aliphatic heterocycles. The zero-order valence-electron chi connectivity index (χ0n) is 9.94. The Labute approximate surface area is 108 Å². The van der Waals surface area contributed by atoms with Crippen molar-refractivity contribution in [3.8, 4) is 0 Å². The zero-order chi connectivity index (χ0) is 14.2. The molecule has 2 rings (SSSR count). The van der Waals surface area contributed by atoms with Gasteiger partial charge in [0.15, 0.2) is 12.6 Å². The largest absolute Gasteiger partial charge is 0.388 e. The Balaban J connectivity index is 1.99. The molecule has 0 amide bonds. The quantitative estimate of drug-likeness (QED) is 0.297. The second-order valence-electron chi connectivity index (χ2n) is 4.63. The highest BCUT2D eigenvalue weighted by Crippen LogP contribution is 2.23. The van der Waals surface area contributed by atoms with E-state index in [9.17, 15) is 30.6 Å². The Morgan fingerprint density at radius 1 is 0.737 bits per heavy atom. The summed E-state index contributed by atoms with van der Waals surface area (Å²) in [5.41, 5.74) is 0. The Bertz CT molecular complexity index is 301. The molecule has 9 heteroatoms. The SMILES string of the molecule is O[C@@H]1[C@@H](O)[C@H](O[C@@H]2[C@@H](O)[C@@H](O)OC[C@H]2O)OC[C@H]1O. The lowest BCUT2D eigenvalue weighted by atomic mass is 10.0. The molecule has 2 heterocycles. The highest BCUT2D eigenvalue weighted by molar-refractivity contribution is 4.87. The summed E-state index contributed by atoms with van der Waals surface area (Å²) in [5.74, 6) is 0. The van der Waals surface area contributed by atoms with Crippen LogP contribution in [0.3, 0.4) is 0 Å². The molecule has 19 heavy (non-hydrogen) atoms.